The van der Waals surface area contributed by atoms with Crippen molar-refractivity contribution in [3.05, 3.63) is 92.8 Å². The minimum Gasteiger partial charge on any atom is -0.490 e. The maximum atomic E-state index is 13.2. The van der Waals surface area contributed by atoms with Crippen molar-refractivity contribution in [3.8, 4) is 23.3 Å². The molecule has 4 aromatic rings. The lowest BCUT2D eigenvalue weighted by atomic mass is 10.1. The second-order valence-electron chi connectivity index (χ2n) is 6.67. The Bertz CT molecular complexity index is 1430. The summed E-state index contributed by atoms with van der Waals surface area (Å²) in [4.78, 5) is 26.3. The third-order valence-corrected chi connectivity index (χ3v) is 5.22. The molecule has 0 atom stereocenters. The molecule has 32 heavy (non-hydrogen) atoms. The number of nitrogens with zero attached hydrogens (tertiary/aromatic N) is 3. The minimum absolute atomic E-state index is 0.0252. The van der Waals surface area contributed by atoms with Crippen LogP contribution in [0.4, 0.5) is 0 Å². The van der Waals surface area contributed by atoms with Crippen LogP contribution in [-0.2, 0) is 0 Å². The van der Waals surface area contributed by atoms with Crippen molar-refractivity contribution in [1.29, 1.82) is 5.26 Å². The van der Waals surface area contributed by atoms with Gasteiger partial charge in [-0.05, 0) is 47.1 Å². The van der Waals surface area contributed by atoms with Gasteiger partial charge in [-0.25, -0.2) is 4.79 Å². The van der Waals surface area contributed by atoms with Crippen LogP contribution in [0, 0.1) is 11.3 Å². The Hall–Kier alpha value is -3.96. The molecule has 0 aliphatic heterocycles. The van der Waals surface area contributed by atoms with Gasteiger partial charge in [0.2, 0.25) is 0 Å². The fourth-order valence-electron chi connectivity index (χ4n) is 3.22. The van der Waals surface area contributed by atoms with Gasteiger partial charge in [0.15, 0.2) is 17.2 Å². The largest absolute Gasteiger partial charge is 0.490 e. The quantitative estimate of drug-likeness (QED) is 0.299. The predicted octanol–water partition coefficient (Wildman–Crippen LogP) is 4.64. The van der Waals surface area contributed by atoms with Gasteiger partial charge in [0.1, 0.15) is 0 Å². The highest BCUT2D eigenvalue weighted by Gasteiger charge is 2.22. The van der Waals surface area contributed by atoms with Crippen molar-refractivity contribution >= 4 is 32.7 Å². The van der Waals surface area contributed by atoms with Crippen LogP contribution in [0.5, 0.6) is 11.5 Å². The van der Waals surface area contributed by atoms with E-state index in [1.807, 2.05) is 12.1 Å². The highest BCUT2D eigenvalue weighted by molar-refractivity contribution is 9.10. The van der Waals surface area contributed by atoms with Gasteiger partial charge in [-0.2, -0.15) is 15.0 Å². The maximum absolute atomic E-state index is 13.2. The van der Waals surface area contributed by atoms with Crippen LogP contribution in [0.1, 0.15) is 23.0 Å². The van der Waals surface area contributed by atoms with E-state index in [0.717, 1.165) is 0 Å². The fraction of sp³-hybridized carbons (Fsp3) is 0.0833. The molecule has 3 aromatic carbocycles. The second-order valence-corrected chi connectivity index (χ2v) is 7.52. The monoisotopic (exact) mass is 489 g/mol. The molecule has 0 fully saturated rings. The van der Waals surface area contributed by atoms with Crippen LogP contribution in [-0.4, -0.2) is 22.4 Å². The van der Waals surface area contributed by atoms with Crippen LogP contribution in [0.3, 0.4) is 0 Å². The lowest BCUT2D eigenvalue weighted by Gasteiger charge is -2.14. The minimum atomic E-state index is -0.766. The molecule has 0 unspecified atom stereocenters. The normalized spacial score (nSPS) is 10.5. The highest BCUT2D eigenvalue weighted by atomic mass is 79.9. The molecule has 0 amide bonds. The van der Waals surface area contributed by atoms with Crippen molar-refractivity contribution < 1.29 is 14.3 Å². The fourth-order valence-corrected chi connectivity index (χ4v) is 3.74. The van der Waals surface area contributed by atoms with Crippen molar-refractivity contribution in [2.45, 2.75) is 6.92 Å². The standard InChI is InChI=1S/C24H16BrN3O4/c1-2-31-20-13-15(14-26)12-19(25)22(20)32-24(30)21-17-10-6-7-11-18(17)23(29)28(27-21)16-8-4-3-5-9-16/h3-13H,2H2,1H3. The molecule has 0 radical (unpaired) electrons. The van der Waals surface area contributed by atoms with Crippen molar-refractivity contribution in [2.75, 3.05) is 6.61 Å². The Morgan fingerprint density at radius 1 is 1.09 bits per heavy atom. The molecule has 0 N–H and O–H groups in total. The van der Waals surface area contributed by atoms with E-state index < -0.39 is 5.97 Å². The molecule has 1 heterocycles. The number of para-hydroxylation sites is 1. The van der Waals surface area contributed by atoms with E-state index in [0.29, 0.717) is 33.1 Å². The first-order valence-corrected chi connectivity index (χ1v) is 10.5. The second kappa shape index (κ2) is 9.04. The van der Waals surface area contributed by atoms with Crippen molar-refractivity contribution in [1.82, 2.24) is 9.78 Å². The van der Waals surface area contributed by atoms with Gasteiger partial charge in [0.05, 0.1) is 33.8 Å². The molecule has 1 aromatic heterocycles. The Balaban J connectivity index is 1.86. The number of benzene rings is 3. The molecule has 8 heteroatoms. The average molecular weight is 490 g/mol. The molecular formula is C24H16BrN3O4. The molecule has 0 aliphatic rings. The van der Waals surface area contributed by atoms with Crippen LogP contribution in [0.15, 0.2) is 76.0 Å². The Labute approximate surface area is 191 Å². The molecule has 0 spiro atoms. The average Bonchev–Trinajstić information content (AvgIpc) is 2.82. The zero-order chi connectivity index (χ0) is 22.7. The number of hydrogen-bond acceptors (Lipinski definition) is 6. The SMILES string of the molecule is CCOc1cc(C#N)cc(Br)c1OC(=O)c1nn(-c2ccccc2)c(=O)c2ccccc12. The first-order valence-electron chi connectivity index (χ1n) is 9.69. The topological polar surface area (TPSA) is 94.2 Å². The Morgan fingerprint density at radius 3 is 2.47 bits per heavy atom. The third-order valence-electron chi connectivity index (χ3n) is 4.63. The van der Waals surface area contributed by atoms with E-state index in [1.165, 1.54) is 16.8 Å². The number of hydrogen-bond donors (Lipinski definition) is 0. The lowest BCUT2D eigenvalue weighted by Crippen LogP contribution is -2.26. The summed E-state index contributed by atoms with van der Waals surface area (Å²) in [6.45, 7) is 2.09. The molecule has 4 rings (SSSR count). The van der Waals surface area contributed by atoms with Crippen LogP contribution in [0.25, 0.3) is 16.5 Å². The first kappa shape index (κ1) is 21.3. The number of rotatable bonds is 5. The number of esters is 1. The van der Waals surface area contributed by atoms with Gasteiger partial charge < -0.3 is 9.47 Å². The zero-order valence-electron chi connectivity index (χ0n) is 16.9. The summed E-state index contributed by atoms with van der Waals surface area (Å²) >= 11 is 3.34. The number of carbonyl (C=O) groups is 1. The van der Waals surface area contributed by atoms with Gasteiger partial charge in [0.25, 0.3) is 5.56 Å². The summed E-state index contributed by atoms with van der Waals surface area (Å²) in [5, 5.41) is 14.2. The molecule has 7 nitrogen and oxygen atoms in total. The number of nitriles is 1. The Morgan fingerprint density at radius 2 is 1.78 bits per heavy atom. The van der Waals surface area contributed by atoms with Crippen LogP contribution in [0.2, 0.25) is 0 Å². The third kappa shape index (κ3) is 3.98. The number of halogens is 1. The van der Waals surface area contributed by atoms with E-state index >= 15 is 0 Å². The highest BCUT2D eigenvalue weighted by Crippen LogP contribution is 2.37. The van der Waals surface area contributed by atoms with Gasteiger partial charge in [-0.15, -0.1) is 0 Å². The molecule has 0 saturated carbocycles. The summed E-state index contributed by atoms with van der Waals surface area (Å²) in [6.07, 6.45) is 0. The summed E-state index contributed by atoms with van der Waals surface area (Å²) < 4.78 is 12.8. The summed E-state index contributed by atoms with van der Waals surface area (Å²) in [7, 11) is 0. The van der Waals surface area contributed by atoms with Crippen LogP contribution < -0.4 is 15.0 Å². The van der Waals surface area contributed by atoms with Crippen LogP contribution >= 0.6 is 15.9 Å². The van der Waals surface area contributed by atoms with Crippen molar-refractivity contribution in [2.24, 2.45) is 0 Å². The smallest absolute Gasteiger partial charge is 0.365 e. The molecule has 0 bridgehead atoms. The lowest BCUT2D eigenvalue weighted by molar-refractivity contribution is 0.0721. The summed E-state index contributed by atoms with van der Waals surface area (Å²) in [5.41, 5.74) is 0.494. The van der Waals surface area contributed by atoms with E-state index in [2.05, 4.69) is 21.0 Å². The molecule has 0 aliphatic carbocycles. The molecule has 158 valence electrons. The first-order chi connectivity index (χ1) is 15.5. The summed E-state index contributed by atoms with van der Waals surface area (Å²) in [6, 6.07) is 20.6. The van der Waals surface area contributed by atoms with E-state index in [9.17, 15) is 14.9 Å². The predicted molar refractivity (Wildman–Crippen MR) is 122 cm³/mol. The molecule has 0 saturated heterocycles. The number of carbonyl (C=O) groups excluding carboxylic acids is 1. The number of aromatic nitrogens is 2. The Kier molecular flexibility index (Phi) is 6.01. The molecular weight excluding hydrogens is 474 g/mol. The van der Waals surface area contributed by atoms with Gasteiger partial charge >= 0.3 is 5.97 Å². The van der Waals surface area contributed by atoms with Crippen molar-refractivity contribution in [3.63, 3.8) is 0 Å². The van der Waals surface area contributed by atoms with E-state index in [-0.39, 0.29) is 22.8 Å². The van der Waals surface area contributed by atoms with E-state index in [1.54, 1.807) is 55.5 Å². The van der Waals surface area contributed by atoms with Gasteiger partial charge in [-0.3, -0.25) is 4.79 Å². The van der Waals surface area contributed by atoms with Gasteiger partial charge in [-0.1, -0.05) is 36.4 Å². The zero-order valence-corrected chi connectivity index (χ0v) is 18.5. The maximum Gasteiger partial charge on any atom is 0.365 e. The van der Waals surface area contributed by atoms with Gasteiger partial charge in [0, 0.05) is 11.5 Å². The number of ether oxygens (including phenoxy) is 2. The summed E-state index contributed by atoms with van der Waals surface area (Å²) in [5.74, 6) is -0.399. The van der Waals surface area contributed by atoms with E-state index in [4.69, 9.17) is 9.47 Å². The number of fused-ring (bicyclic) bond motifs is 1.